The summed E-state index contributed by atoms with van der Waals surface area (Å²) in [6, 6.07) is 38.5. The van der Waals surface area contributed by atoms with Crippen LogP contribution in [0.1, 0.15) is 28.3 Å². The monoisotopic (exact) mass is 530 g/mol. The minimum Gasteiger partial charge on any atom is -0.270 e. The highest BCUT2D eigenvalue weighted by Crippen LogP contribution is 2.56. The van der Waals surface area contributed by atoms with E-state index in [9.17, 15) is 5.26 Å². The molecule has 194 valence electrons. The van der Waals surface area contributed by atoms with E-state index < -0.39 is 13.6 Å². The third-order valence-corrected chi connectivity index (χ3v) is 10.6. The Labute approximate surface area is 229 Å². The molecule has 1 heterocycles. The quantitative estimate of drug-likeness (QED) is 0.220. The van der Waals surface area contributed by atoms with Crippen LogP contribution in [-0.2, 0) is 17.7 Å². The first-order valence-electron chi connectivity index (χ1n) is 13.3. The molecule has 1 saturated heterocycles. The Morgan fingerprint density at radius 1 is 0.744 bits per heavy atom. The van der Waals surface area contributed by atoms with Crippen molar-refractivity contribution in [2.45, 2.75) is 26.1 Å². The molecule has 0 radical (unpaired) electrons. The lowest BCUT2D eigenvalue weighted by Crippen LogP contribution is -2.31. The van der Waals surface area contributed by atoms with Crippen LogP contribution in [0.25, 0.3) is 21.5 Å². The van der Waals surface area contributed by atoms with E-state index in [2.05, 4.69) is 94.2 Å². The van der Waals surface area contributed by atoms with Crippen molar-refractivity contribution >= 4 is 29.1 Å². The van der Waals surface area contributed by atoms with Gasteiger partial charge in [0.2, 0.25) is 0 Å². The largest absolute Gasteiger partial charge is 0.286 e. The summed E-state index contributed by atoms with van der Waals surface area (Å²) < 4.78 is 19.3. The highest BCUT2D eigenvalue weighted by molar-refractivity contribution is 7.57. The van der Waals surface area contributed by atoms with Crippen molar-refractivity contribution in [3.8, 4) is 6.07 Å². The number of hydrogen-bond acceptors (Lipinski definition) is 2. The van der Waals surface area contributed by atoms with Crippen LogP contribution in [0.4, 0.5) is 0 Å². The van der Waals surface area contributed by atoms with Gasteiger partial charge in [-0.05, 0) is 50.7 Å². The molecule has 0 aromatic heterocycles. The minimum absolute atomic E-state index is 0.531. The highest BCUT2D eigenvalue weighted by Gasteiger charge is 2.44. The van der Waals surface area contributed by atoms with Crippen LogP contribution in [0, 0.1) is 18.3 Å². The smallest absolute Gasteiger partial charge is 0.270 e. The van der Waals surface area contributed by atoms with E-state index in [-0.39, 0.29) is 0 Å². The molecule has 0 bridgehead atoms. The second-order valence-corrected chi connectivity index (χ2v) is 12.6. The van der Waals surface area contributed by atoms with Gasteiger partial charge in [-0.25, -0.2) is 14.4 Å². The molecule has 0 aliphatic carbocycles. The van der Waals surface area contributed by atoms with Gasteiger partial charge in [-0.1, -0.05) is 109 Å². The molecule has 0 spiro atoms. The van der Waals surface area contributed by atoms with Crippen LogP contribution in [0.3, 0.4) is 0 Å². The van der Waals surface area contributed by atoms with Gasteiger partial charge in [0.25, 0.3) is 7.59 Å². The summed E-state index contributed by atoms with van der Waals surface area (Å²) in [7, 11) is -3.33. The zero-order chi connectivity index (χ0) is 26.8. The molecule has 1 N–H and O–H groups in total. The van der Waals surface area contributed by atoms with Gasteiger partial charge in [0.15, 0.2) is 0 Å². The molecule has 6 rings (SSSR count). The number of nitrogens with one attached hydrogen (secondary N) is 1. The zero-order valence-electron chi connectivity index (χ0n) is 22.0. The molecule has 0 saturated carbocycles. The summed E-state index contributed by atoms with van der Waals surface area (Å²) in [6.45, 7) is 4.47. The molecule has 1 aliphatic heterocycles. The van der Waals surface area contributed by atoms with Crippen molar-refractivity contribution in [3.05, 3.63) is 131 Å². The molecule has 6 heteroatoms. The van der Waals surface area contributed by atoms with Crippen molar-refractivity contribution in [3.63, 3.8) is 0 Å². The van der Waals surface area contributed by atoms with Gasteiger partial charge in [-0.15, -0.1) is 0 Å². The zero-order valence-corrected chi connectivity index (χ0v) is 22.9. The van der Waals surface area contributed by atoms with Gasteiger partial charge in [-0.2, -0.15) is 5.26 Å². The molecule has 5 aromatic carbocycles. The van der Waals surface area contributed by atoms with Gasteiger partial charge in [0.05, 0.1) is 6.07 Å². The number of nitriles is 1. The fourth-order valence-corrected chi connectivity index (χ4v) is 8.32. The first-order valence-corrected chi connectivity index (χ1v) is 15.0. The number of benzene rings is 5. The van der Waals surface area contributed by atoms with Crippen LogP contribution in [0.5, 0.6) is 0 Å². The van der Waals surface area contributed by atoms with E-state index in [4.69, 9.17) is 0 Å². The molecule has 2 unspecified atom stereocenters. The Balaban J connectivity index is 1.39. The topological polar surface area (TPSA) is 59.4 Å². The summed E-state index contributed by atoms with van der Waals surface area (Å²) in [5.41, 5.74) is 4.31. The van der Waals surface area contributed by atoms with Crippen LogP contribution in [0.15, 0.2) is 109 Å². The average Bonchev–Trinajstić information content (AvgIpc) is 3.27. The van der Waals surface area contributed by atoms with E-state index >= 15 is 4.57 Å². The number of rotatable bonds is 7. The summed E-state index contributed by atoms with van der Waals surface area (Å²) >= 11 is 0. The maximum atomic E-state index is 15.2. The van der Waals surface area contributed by atoms with E-state index in [1.54, 1.807) is 0 Å². The molecule has 5 aromatic rings. The van der Waals surface area contributed by atoms with Crippen molar-refractivity contribution in [2.75, 3.05) is 13.1 Å². The second kappa shape index (κ2) is 10.8. The lowest BCUT2D eigenvalue weighted by atomic mass is 10.0. The molecule has 39 heavy (non-hydrogen) atoms. The van der Waals surface area contributed by atoms with Gasteiger partial charge in [0.1, 0.15) is 6.04 Å². The Bertz CT molecular complexity index is 1720. The molecule has 1 aliphatic rings. The Hall–Kier alpha value is -3.78. The lowest BCUT2D eigenvalue weighted by Gasteiger charge is -2.33. The Morgan fingerprint density at radius 3 is 2.05 bits per heavy atom. The second-order valence-electron chi connectivity index (χ2n) is 10.1. The standard InChI is InChI=1S/C33H31N4OP/c1-25-10-7-19-32-29(16-9-18-30(25)32)24-37-21-20-36(23-28-15-8-14-26-11-5-6-17-31(26)28)39(37,38)35-33(22-34)27-12-3-2-4-13-27/h2-19,33H,20-21,23-24H2,1H3,(H,35,38). The van der Waals surface area contributed by atoms with Gasteiger partial charge in [-0.3, -0.25) is 4.57 Å². The molecule has 1 fully saturated rings. The summed E-state index contributed by atoms with van der Waals surface area (Å²) in [4.78, 5) is 0. The number of aryl methyl sites for hydroxylation is 1. The number of nitrogens with zero attached hydrogens (tertiary/aromatic N) is 3. The number of fused-ring (bicyclic) bond motifs is 2. The minimum atomic E-state index is -3.33. The lowest BCUT2D eigenvalue weighted by molar-refractivity contribution is 0.416. The molecule has 2 atom stereocenters. The number of hydrogen-bond donors (Lipinski definition) is 1. The van der Waals surface area contributed by atoms with Crippen molar-refractivity contribution in [2.24, 2.45) is 0 Å². The first-order chi connectivity index (χ1) is 19.1. The maximum Gasteiger partial charge on any atom is 0.286 e. The average molecular weight is 531 g/mol. The van der Waals surface area contributed by atoms with E-state index in [0.717, 1.165) is 22.1 Å². The highest BCUT2D eigenvalue weighted by atomic mass is 31.2. The van der Waals surface area contributed by atoms with Crippen LogP contribution in [-0.4, -0.2) is 22.4 Å². The predicted molar refractivity (Wildman–Crippen MR) is 159 cm³/mol. The fourth-order valence-electron chi connectivity index (χ4n) is 5.68. The van der Waals surface area contributed by atoms with Crippen LogP contribution in [0.2, 0.25) is 0 Å². The van der Waals surface area contributed by atoms with Gasteiger partial charge >= 0.3 is 0 Å². The van der Waals surface area contributed by atoms with Crippen LogP contribution < -0.4 is 5.09 Å². The first kappa shape index (κ1) is 25.5. The van der Waals surface area contributed by atoms with E-state index in [0.29, 0.717) is 26.2 Å². The van der Waals surface area contributed by atoms with E-state index in [1.165, 1.54) is 21.7 Å². The molecular weight excluding hydrogens is 499 g/mol. The van der Waals surface area contributed by atoms with Gasteiger partial charge in [0, 0.05) is 26.2 Å². The summed E-state index contributed by atoms with van der Waals surface area (Å²) in [5.74, 6) is 0. The summed E-state index contributed by atoms with van der Waals surface area (Å²) in [6.07, 6.45) is 0. The van der Waals surface area contributed by atoms with E-state index in [1.807, 2.05) is 42.5 Å². The Kier molecular flexibility index (Phi) is 7.04. The molecule has 0 amide bonds. The predicted octanol–water partition coefficient (Wildman–Crippen LogP) is 7.58. The third-order valence-electron chi connectivity index (χ3n) is 7.76. The Morgan fingerprint density at radius 2 is 1.31 bits per heavy atom. The van der Waals surface area contributed by atoms with Crippen LogP contribution >= 0.6 is 7.59 Å². The van der Waals surface area contributed by atoms with Crippen molar-refractivity contribution in [1.29, 1.82) is 5.26 Å². The third kappa shape index (κ3) is 4.89. The molecule has 5 nitrogen and oxygen atoms in total. The van der Waals surface area contributed by atoms with Crippen molar-refractivity contribution < 1.29 is 4.57 Å². The summed E-state index contributed by atoms with van der Waals surface area (Å²) in [5, 5.41) is 18.2. The SMILES string of the molecule is Cc1cccc2c(CN3CCN(Cc4cccc5ccccc45)P3(=O)NC(C#N)c3ccccc3)cccc12. The van der Waals surface area contributed by atoms with Gasteiger partial charge < -0.3 is 0 Å². The molecular formula is C33H31N4OP. The fraction of sp³-hybridized carbons (Fsp3) is 0.182. The normalized spacial score (nSPS) is 18.9. The van der Waals surface area contributed by atoms with Crippen molar-refractivity contribution in [1.82, 2.24) is 14.4 Å². The maximum absolute atomic E-state index is 15.2.